The molecule has 9 bridgehead atoms. The van der Waals surface area contributed by atoms with Crippen LogP contribution in [0.4, 0.5) is 5.69 Å². The number of hydrogen-bond acceptors (Lipinski definition) is 23. The van der Waals surface area contributed by atoms with E-state index in [9.17, 15) is 40.2 Å². The molecule has 0 radical (unpaired) electrons. The summed E-state index contributed by atoms with van der Waals surface area (Å²) in [6.07, 6.45) is -3.34. The van der Waals surface area contributed by atoms with E-state index in [1.54, 1.807) is 12.1 Å². The Labute approximate surface area is 555 Å². The molecule has 4 aromatic rings. The van der Waals surface area contributed by atoms with Gasteiger partial charge >= 0.3 is 0 Å². The molecule has 16 unspecified atom stereocenters. The smallest absolute Gasteiger partial charge is 0.242 e. The van der Waals surface area contributed by atoms with Crippen LogP contribution in [0.15, 0.2) is 95.4 Å². The van der Waals surface area contributed by atoms with Crippen molar-refractivity contribution in [3.63, 3.8) is 0 Å². The van der Waals surface area contributed by atoms with Gasteiger partial charge in [0.1, 0.15) is 55.5 Å². The molecule has 1 amide bonds. The molecular weight excluding hydrogens is 1230 g/mol. The van der Waals surface area contributed by atoms with Crippen LogP contribution in [-0.4, -0.2) is 180 Å². The van der Waals surface area contributed by atoms with E-state index in [4.69, 9.17) is 35.2 Å². The minimum absolute atomic E-state index is 0.0356. The molecule has 0 aromatic heterocycles. The number of nitrogens with one attached hydrogen (secondary N) is 6. The van der Waals surface area contributed by atoms with E-state index in [1.165, 1.54) is 12.1 Å². The van der Waals surface area contributed by atoms with Crippen molar-refractivity contribution >= 4 is 29.4 Å². The lowest BCUT2D eigenvalue weighted by atomic mass is 9.61. The van der Waals surface area contributed by atoms with Gasteiger partial charge in [0.15, 0.2) is 28.7 Å². The minimum atomic E-state index is -2.55. The van der Waals surface area contributed by atoms with Crippen molar-refractivity contribution < 1.29 is 73.5 Å². The first-order valence-corrected chi connectivity index (χ1v) is 33.7. The molecule has 11 aliphatic rings. The first kappa shape index (κ1) is 64.6. The third kappa shape index (κ3) is 11.0. The molecule has 7 heterocycles. The maximum absolute atomic E-state index is 15.7. The number of nitrogens with two attached hydrogens (primary N) is 2. The lowest BCUT2D eigenvalue weighted by Crippen LogP contribution is -2.70. The van der Waals surface area contributed by atoms with E-state index in [-0.39, 0.29) is 103 Å². The first-order chi connectivity index (χ1) is 46.5. The second kappa shape index (κ2) is 25.8. The van der Waals surface area contributed by atoms with Crippen LogP contribution in [0, 0.1) is 29.1 Å². The fourth-order valence-electron chi connectivity index (χ4n) is 17.2. The first-order valence-electron chi connectivity index (χ1n) is 33.7. The van der Waals surface area contributed by atoms with Gasteiger partial charge < -0.3 is 91.0 Å². The lowest BCUT2D eigenvalue weighted by molar-refractivity contribution is -0.311. The van der Waals surface area contributed by atoms with Crippen LogP contribution in [0.2, 0.25) is 0 Å². The standard InChI is InChI=1S/C72H83N9O15/c1-75-28-40-22-36-20-37-14-17-72(91)55-32-92-30-38(11-13-53(37)85)56(45-8-4-5-9-52(45)81-34-77-59-67(81)79-70(74)80-68(59)90)49-27-48-57(61(88)47-23-35(29-83)10-12-44(47)60(48)87)63(93-31-43(84)16-19-82)62(49)96-69(95-55)64(65(72)89)94-33-71-41(25-46(40)39(21-36)24-54(71)86)26-51(78-42-6-2-3-7-42)58-50(71)15-18-76-66(58)73/h4-5,8-10,12,15,19,21-23,26-27,37-38,42-43,51,53-56,59,64-65,67,69-70,75-79,83-86,89,91H,2-3,6-7,11,13,16,18,20,24-25,28-34,73-74H2,1H3,(H,80,90). The number of carbonyl (C=O) groups excluding carboxylic acids is 4. The molecule has 1 spiro atoms. The van der Waals surface area contributed by atoms with Crippen LogP contribution in [0.1, 0.15) is 122 Å². The molecule has 24 heteroatoms. The summed E-state index contributed by atoms with van der Waals surface area (Å²) in [7, 11) is 1.89. The monoisotopic (exact) mass is 1310 g/mol. The summed E-state index contributed by atoms with van der Waals surface area (Å²) in [6, 6.07) is 16.8. The molecular formula is C72H83N9O15. The maximum Gasteiger partial charge on any atom is 0.242 e. The molecule has 4 aromatic carbocycles. The molecule has 1 saturated carbocycles. The van der Waals surface area contributed by atoms with Gasteiger partial charge in [0.25, 0.3) is 0 Å². The molecule has 24 nitrogen and oxygen atoms in total. The fourth-order valence-corrected chi connectivity index (χ4v) is 17.2. The topological polar surface area (TPSA) is 363 Å². The number of ether oxygens (including phenoxy) is 5. The number of amides is 1. The van der Waals surface area contributed by atoms with E-state index in [0.717, 1.165) is 64.7 Å². The summed E-state index contributed by atoms with van der Waals surface area (Å²) in [5.41, 5.74) is 16.9. The summed E-state index contributed by atoms with van der Waals surface area (Å²) >= 11 is 0. The van der Waals surface area contributed by atoms with E-state index >= 15 is 9.59 Å². The number of hydrogen-bond donors (Lipinski definition) is 14. The van der Waals surface area contributed by atoms with Crippen molar-refractivity contribution in [1.82, 2.24) is 31.9 Å². The fraction of sp³-hybridized carbons (Fsp3) is 0.500. The van der Waals surface area contributed by atoms with Gasteiger partial charge in [-0.3, -0.25) is 30.8 Å². The predicted molar refractivity (Wildman–Crippen MR) is 348 cm³/mol. The van der Waals surface area contributed by atoms with Crippen LogP contribution in [0.25, 0.3) is 0 Å². The number of benzene rings is 4. The van der Waals surface area contributed by atoms with E-state index < -0.39 is 128 Å². The Morgan fingerprint density at radius 2 is 1.80 bits per heavy atom. The highest BCUT2D eigenvalue weighted by Crippen LogP contribution is 2.56. The average molecular weight is 1310 g/mol. The Kier molecular flexibility index (Phi) is 17.3. The van der Waals surface area contributed by atoms with Crippen molar-refractivity contribution in [1.29, 1.82) is 0 Å². The number of aliphatic hydroxyl groups excluding tert-OH is 5. The summed E-state index contributed by atoms with van der Waals surface area (Å²) < 4.78 is 35.6. The maximum atomic E-state index is 15.7. The van der Waals surface area contributed by atoms with Gasteiger partial charge in [-0.25, -0.2) is 0 Å². The Hall–Kier alpha value is -7.42. The number of nitrogens with zero attached hydrogens (tertiary/aromatic N) is 1. The number of rotatable bonds is 12. The Bertz CT molecular complexity index is 3970. The van der Waals surface area contributed by atoms with Gasteiger partial charge in [-0.15, -0.1) is 0 Å². The normalized spacial score (nSPS) is 33.2. The zero-order valence-electron chi connectivity index (χ0n) is 53.4. The molecule has 16 atom stereocenters. The summed E-state index contributed by atoms with van der Waals surface area (Å²) in [4.78, 5) is 59.1. The SMILES string of the molecule is CNCc1cc2cc3c1CC1=CC(NC4CCCC4)C4=C(N)NCC=C4C1(COC1C4Oc5c(cc6c(c5OCC(O)CC=O)C(=O)c5cc(CO)ccc5C6=O)C(c5ccccc5N5CNC6C(=O)NC(N)NC65)C5CCC(O)C(C#CC(O)(C(COC5)O4)C1O)C2)C(O)C3. The third-order valence-corrected chi connectivity index (χ3v) is 22.0. The number of aldehydes is 1. The summed E-state index contributed by atoms with van der Waals surface area (Å²) in [5.74, 6) is 1.95. The molecule has 4 aliphatic carbocycles. The second-order valence-electron chi connectivity index (χ2n) is 27.7. The van der Waals surface area contributed by atoms with Crippen LogP contribution in [0.3, 0.4) is 0 Å². The van der Waals surface area contributed by atoms with Crippen LogP contribution < -0.4 is 57.7 Å². The molecule has 96 heavy (non-hydrogen) atoms. The zero-order valence-corrected chi connectivity index (χ0v) is 53.4. The number of dihydropyridines is 1. The molecule has 16 N–H and O–H groups in total. The third-order valence-electron chi connectivity index (χ3n) is 22.0. The summed E-state index contributed by atoms with van der Waals surface area (Å²) in [6.45, 7) is -1.05. The van der Waals surface area contributed by atoms with Crippen molar-refractivity contribution in [3.8, 4) is 23.3 Å². The lowest BCUT2D eigenvalue weighted by Gasteiger charge is -2.51. The van der Waals surface area contributed by atoms with Crippen LogP contribution in [-0.2, 0) is 56.2 Å². The van der Waals surface area contributed by atoms with Gasteiger partial charge in [-0.2, -0.15) is 0 Å². The van der Waals surface area contributed by atoms with Crippen LogP contribution >= 0.6 is 0 Å². The van der Waals surface area contributed by atoms with E-state index in [2.05, 4.69) is 62.0 Å². The van der Waals surface area contributed by atoms with Crippen molar-refractivity contribution in [2.45, 2.75) is 162 Å². The number of anilines is 1. The van der Waals surface area contributed by atoms with Gasteiger partial charge in [-0.05, 0) is 121 Å². The van der Waals surface area contributed by atoms with Crippen LogP contribution in [0.5, 0.6) is 11.5 Å². The van der Waals surface area contributed by atoms with Gasteiger partial charge in [-0.1, -0.05) is 78.8 Å². The van der Waals surface area contributed by atoms with Gasteiger partial charge in [0.05, 0.1) is 74.3 Å². The highest BCUT2D eigenvalue weighted by Gasteiger charge is 2.60. The van der Waals surface area contributed by atoms with Crippen molar-refractivity contribution in [3.05, 3.63) is 157 Å². The van der Waals surface area contributed by atoms with E-state index in [0.29, 0.717) is 48.4 Å². The van der Waals surface area contributed by atoms with Crippen molar-refractivity contribution in [2.24, 2.45) is 28.7 Å². The highest BCUT2D eigenvalue weighted by atomic mass is 16.7. The highest BCUT2D eigenvalue weighted by molar-refractivity contribution is 6.29. The Morgan fingerprint density at radius 3 is 2.61 bits per heavy atom. The molecule has 3 saturated heterocycles. The molecule has 15 rings (SSSR count). The quantitative estimate of drug-likeness (QED) is 0.0457. The minimum Gasteiger partial charge on any atom is -0.486 e. The molecule has 7 aliphatic heterocycles. The Morgan fingerprint density at radius 1 is 0.969 bits per heavy atom. The number of carbonyl (C=O) groups is 4. The zero-order chi connectivity index (χ0) is 66.5. The number of para-hydroxylation sites is 1. The number of ketones is 2. The Balaban J connectivity index is 0.993. The summed E-state index contributed by atoms with van der Waals surface area (Å²) in [5, 5.41) is 96.1. The molecule has 506 valence electrons. The average Bonchev–Trinajstić information content (AvgIpc) is 1.14. The predicted octanol–water partition coefficient (Wildman–Crippen LogP) is 0.402. The van der Waals surface area contributed by atoms with E-state index in [1.807, 2.05) is 42.3 Å². The van der Waals surface area contributed by atoms with Gasteiger partial charge in [0, 0.05) is 65.0 Å². The second-order valence-corrected chi connectivity index (χ2v) is 27.7. The molecule has 4 fully saturated rings. The number of aliphatic hydroxyl groups is 6. The van der Waals surface area contributed by atoms with Crippen molar-refractivity contribution in [2.75, 3.05) is 51.6 Å². The number of fused-ring (bicyclic) bond motifs is 14. The largest absolute Gasteiger partial charge is 0.486 e. The van der Waals surface area contributed by atoms with Gasteiger partial charge in [0.2, 0.25) is 12.2 Å².